The van der Waals surface area contributed by atoms with Crippen LogP contribution in [0.2, 0.25) is 0 Å². The first-order valence-electron chi connectivity index (χ1n) is 5.32. The van der Waals surface area contributed by atoms with Crippen molar-refractivity contribution in [1.29, 1.82) is 0 Å². The van der Waals surface area contributed by atoms with Gasteiger partial charge in [-0.3, -0.25) is 0 Å². The van der Waals surface area contributed by atoms with Crippen LogP contribution in [0.4, 0.5) is 4.39 Å². The van der Waals surface area contributed by atoms with Crippen LogP contribution in [0.25, 0.3) is 0 Å². The van der Waals surface area contributed by atoms with Crippen LogP contribution in [0.3, 0.4) is 0 Å². The molecule has 0 radical (unpaired) electrons. The smallest absolute Gasteiger partial charge is 0.238 e. The van der Waals surface area contributed by atoms with Gasteiger partial charge in [-0.05, 0) is 25.1 Å². The van der Waals surface area contributed by atoms with Crippen molar-refractivity contribution in [3.63, 3.8) is 0 Å². The zero-order chi connectivity index (χ0) is 13.8. The molecule has 0 bridgehead atoms. The van der Waals surface area contributed by atoms with Crippen LogP contribution in [-0.2, 0) is 14.8 Å². The summed E-state index contributed by atoms with van der Waals surface area (Å²) in [5.41, 5.74) is 0. The van der Waals surface area contributed by atoms with E-state index in [9.17, 15) is 12.8 Å². The predicted octanol–water partition coefficient (Wildman–Crippen LogP) is 1.28. The molecule has 0 aromatic heterocycles. The number of methoxy groups -OCH3 is 1. The minimum absolute atomic E-state index is 0.00833. The molecule has 0 heterocycles. The van der Waals surface area contributed by atoms with E-state index in [1.54, 1.807) is 14.0 Å². The first-order valence-corrected chi connectivity index (χ1v) is 6.87. The quantitative estimate of drug-likeness (QED) is 0.849. The molecule has 2 N–H and O–H groups in total. The Morgan fingerprint density at radius 2 is 2.11 bits per heavy atom. The van der Waals surface area contributed by atoms with E-state index in [2.05, 4.69) is 0 Å². The van der Waals surface area contributed by atoms with Gasteiger partial charge in [-0.15, -0.1) is 0 Å². The molecule has 1 unspecified atom stereocenters. The van der Waals surface area contributed by atoms with Crippen molar-refractivity contribution >= 4 is 10.0 Å². The number of primary sulfonamides is 1. The Bertz CT molecular complexity index is 504. The highest BCUT2D eigenvalue weighted by atomic mass is 32.2. The molecular weight excluding hydrogens is 261 g/mol. The lowest BCUT2D eigenvalue weighted by atomic mass is 10.3. The molecule has 1 rings (SSSR count). The van der Waals surface area contributed by atoms with Gasteiger partial charge in [0.05, 0.1) is 11.0 Å². The zero-order valence-corrected chi connectivity index (χ0v) is 11.0. The van der Waals surface area contributed by atoms with Crippen LogP contribution < -0.4 is 9.88 Å². The van der Waals surface area contributed by atoms with E-state index in [4.69, 9.17) is 14.6 Å². The van der Waals surface area contributed by atoms with Crippen LogP contribution in [0.15, 0.2) is 23.1 Å². The highest BCUT2D eigenvalue weighted by Gasteiger charge is 2.14. The van der Waals surface area contributed by atoms with Crippen LogP contribution in [0.5, 0.6) is 5.75 Å². The minimum atomic E-state index is -3.90. The predicted molar refractivity (Wildman–Crippen MR) is 64.4 cm³/mol. The Morgan fingerprint density at radius 3 is 2.61 bits per heavy atom. The third-order valence-corrected chi connectivity index (χ3v) is 3.20. The molecule has 1 aromatic rings. The molecule has 5 nitrogen and oxygen atoms in total. The lowest BCUT2D eigenvalue weighted by Crippen LogP contribution is -2.16. The summed E-state index contributed by atoms with van der Waals surface area (Å²) in [5.74, 6) is -0.767. The number of sulfonamides is 1. The molecule has 18 heavy (non-hydrogen) atoms. The van der Waals surface area contributed by atoms with Crippen molar-refractivity contribution in [2.45, 2.75) is 24.3 Å². The molecule has 0 aliphatic rings. The van der Waals surface area contributed by atoms with E-state index in [1.165, 1.54) is 12.1 Å². The highest BCUT2D eigenvalue weighted by molar-refractivity contribution is 7.89. The molecule has 0 saturated heterocycles. The highest BCUT2D eigenvalue weighted by Crippen LogP contribution is 2.22. The summed E-state index contributed by atoms with van der Waals surface area (Å²) >= 11 is 0. The Labute approximate surface area is 106 Å². The van der Waals surface area contributed by atoms with E-state index in [-0.39, 0.29) is 16.7 Å². The normalized spacial score (nSPS) is 13.3. The molecular formula is C11H16FNO4S. The molecule has 0 saturated carbocycles. The molecule has 0 fully saturated rings. The van der Waals surface area contributed by atoms with Gasteiger partial charge in [-0.1, -0.05) is 0 Å². The molecule has 0 aliphatic carbocycles. The van der Waals surface area contributed by atoms with Crippen molar-refractivity contribution in [2.75, 3.05) is 13.7 Å². The topological polar surface area (TPSA) is 78.6 Å². The van der Waals surface area contributed by atoms with Crippen molar-refractivity contribution in [3.05, 3.63) is 24.0 Å². The Balaban J connectivity index is 2.80. The lowest BCUT2D eigenvalue weighted by Gasteiger charge is -2.15. The van der Waals surface area contributed by atoms with Gasteiger partial charge in [-0.25, -0.2) is 17.9 Å². The van der Waals surface area contributed by atoms with E-state index >= 15 is 0 Å². The van der Waals surface area contributed by atoms with Crippen molar-refractivity contribution in [2.24, 2.45) is 5.14 Å². The van der Waals surface area contributed by atoms with E-state index in [0.717, 1.165) is 6.07 Å². The standard InChI is InChI=1S/C11H16FNO4S/c1-8(5-6-16-2)17-11-4-3-9(7-10(11)12)18(13,14)15/h3-4,7-8H,5-6H2,1-2H3,(H2,13,14,15). The maximum atomic E-state index is 13.6. The van der Waals surface area contributed by atoms with E-state index in [0.29, 0.717) is 13.0 Å². The largest absolute Gasteiger partial charge is 0.488 e. The monoisotopic (exact) mass is 277 g/mol. The van der Waals surface area contributed by atoms with Crippen LogP contribution in [-0.4, -0.2) is 28.2 Å². The first-order chi connectivity index (χ1) is 8.34. The van der Waals surface area contributed by atoms with Crippen molar-refractivity contribution < 1.29 is 22.3 Å². The van der Waals surface area contributed by atoms with Gasteiger partial charge in [0.1, 0.15) is 0 Å². The number of halogens is 1. The summed E-state index contributed by atoms with van der Waals surface area (Å²) in [6, 6.07) is 3.29. The van der Waals surface area contributed by atoms with Gasteiger partial charge >= 0.3 is 0 Å². The van der Waals surface area contributed by atoms with Gasteiger partial charge in [0.25, 0.3) is 0 Å². The minimum Gasteiger partial charge on any atom is -0.488 e. The molecule has 0 amide bonds. The molecule has 1 atom stereocenters. The number of hydrogen-bond donors (Lipinski definition) is 1. The fourth-order valence-electron chi connectivity index (χ4n) is 1.31. The summed E-state index contributed by atoms with van der Waals surface area (Å²) in [6.45, 7) is 2.27. The number of hydrogen-bond acceptors (Lipinski definition) is 4. The third-order valence-electron chi connectivity index (χ3n) is 2.29. The van der Waals surface area contributed by atoms with E-state index < -0.39 is 15.8 Å². The maximum Gasteiger partial charge on any atom is 0.238 e. The van der Waals surface area contributed by atoms with Crippen molar-refractivity contribution in [1.82, 2.24) is 0 Å². The van der Waals surface area contributed by atoms with Gasteiger partial charge in [-0.2, -0.15) is 0 Å². The van der Waals surface area contributed by atoms with Gasteiger partial charge in [0.15, 0.2) is 11.6 Å². The zero-order valence-electron chi connectivity index (χ0n) is 10.2. The SMILES string of the molecule is COCCC(C)Oc1ccc(S(N)(=O)=O)cc1F. The molecule has 7 heteroatoms. The lowest BCUT2D eigenvalue weighted by molar-refractivity contribution is 0.132. The van der Waals surface area contributed by atoms with Crippen molar-refractivity contribution in [3.8, 4) is 5.75 Å². The van der Waals surface area contributed by atoms with Gasteiger partial charge < -0.3 is 9.47 Å². The molecule has 0 spiro atoms. The molecule has 0 aliphatic heterocycles. The number of nitrogens with two attached hydrogens (primary N) is 1. The molecule has 1 aromatic carbocycles. The summed E-state index contributed by atoms with van der Waals surface area (Å²) in [4.78, 5) is -0.281. The first kappa shape index (κ1) is 14.9. The van der Waals surface area contributed by atoms with E-state index in [1.807, 2.05) is 0 Å². The summed E-state index contributed by atoms with van der Waals surface area (Å²) in [5, 5.41) is 4.89. The summed E-state index contributed by atoms with van der Waals surface area (Å²) in [7, 11) is -2.34. The van der Waals surface area contributed by atoms with Gasteiger partial charge in [0, 0.05) is 20.1 Å². The Hall–Kier alpha value is -1.18. The molecule has 102 valence electrons. The maximum absolute atomic E-state index is 13.6. The third kappa shape index (κ3) is 4.25. The fraction of sp³-hybridized carbons (Fsp3) is 0.455. The average molecular weight is 277 g/mol. The van der Waals surface area contributed by atoms with Crippen LogP contribution in [0.1, 0.15) is 13.3 Å². The second-order valence-corrected chi connectivity index (χ2v) is 5.41. The van der Waals surface area contributed by atoms with Gasteiger partial charge in [0.2, 0.25) is 10.0 Å². The fourth-order valence-corrected chi connectivity index (χ4v) is 1.84. The second kappa shape index (κ2) is 6.12. The van der Waals surface area contributed by atoms with Crippen LogP contribution >= 0.6 is 0 Å². The Morgan fingerprint density at radius 1 is 1.44 bits per heavy atom. The Kier molecular flexibility index (Phi) is 5.06. The number of rotatable bonds is 6. The summed E-state index contributed by atoms with van der Waals surface area (Å²) in [6.07, 6.45) is 0.368. The second-order valence-electron chi connectivity index (χ2n) is 3.85. The average Bonchev–Trinajstić information content (AvgIpc) is 2.27. The number of ether oxygens (including phenoxy) is 2. The van der Waals surface area contributed by atoms with Crippen LogP contribution in [0, 0.1) is 5.82 Å². The summed E-state index contributed by atoms with van der Waals surface area (Å²) < 4.78 is 45.8. The number of benzene rings is 1.